The monoisotopic (exact) mass is 489 g/mol. The fraction of sp³-hybridized carbons (Fsp3) is 0.167. The van der Waals surface area contributed by atoms with Crippen LogP contribution in [-0.2, 0) is 14.8 Å². The van der Waals surface area contributed by atoms with Gasteiger partial charge in [-0.25, -0.2) is 13.2 Å². The number of ether oxygens (including phenoxy) is 2. The molecule has 0 aromatic heterocycles. The molecule has 178 valence electrons. The predicted octanol–water partition coefficient (Wildman–Crippen LogP) is 4.54. The molecule has 10 heteroatoms. The van der Waals surface area contributed by atoms with Gasteiger partial charge in [0.2, 0.25) is 0 Å². The number of rotatable bonds is 10. The van der Waals surface area contributed by atoms with E-state index in [0.717, 1.165) is 0 Å². The summed E-state index contributed by atoms with van der Waals surface area (Å²) in [6.45, 7) is -1.63. The number of carbonyl (C=O) groups excluding carboxylic acids is 2. The first-order valence-corrected chi connectivity index (χ1v) is 11.6. The van der Waals surface area contributed by atoms with E-state index in [4.69, 9.17) is 4.74 Å². The number of halogens is 2. The maximum absolute atomic E-state index is 13.0. The molecular weight excluding hydrogens is 468 g/mol. The third kappa shape index (κ3) is 5.96. The van der Waals surface area contributed by atoms with Crippen LogP contribution in [0.15, 0.2) is 83.8 Å². The number of benzene rings is 3. The topological polar surface area (TPSA) is 90.0 Å². The molecule has 0 amide bonds. The van der Waals surface area contributed by atoms with Crippen LogP contribution in [-0.4, -0.2) is 39.9 Å². The van der Waals surface area contributed by atoms with Crippen LogP contribution in [0.2, 0.25) is 0 Å². The first-order chi connectivity index (χ1) is 16.2. The SMILES string of the molecule is CCN(c1ccccc1)S(=O)(=O)c1ccc(C(=O)OCC(=O)c2ccc(OC(F)F)cc2)cc1. The summed E-state index contributed by atoms with van der Waals surface area (Å²) in [5.41, 5.74) is 0.729. The minimum Gasteiger partial charge on any atom is -0.454 e. The Bertz CT molecular complexity index is 1230. The molecule has 3 rings (SSSR count). The smallest absolute Gasteiger partial charge is 0.387 e. The van der Waals surface area contributed by atoms with Crippen molar-refractivity contribution >= 4 is 27.5 Å². The van der Waals surface area contributed by atoms with E-state index >= 15 is 0 Å². The fourth-order valence-corrected chi connectivity index (χ4v) is 4.57. The zero-order chi connectivity index (χ0) is 24.7. The van der Waals surface area contributed by atoms with Crippen LogP contribution in [0.4, 0.5) is 14.5 Å². The van der Waals surface area contributed by atoms with Gasteiger partial charge in [-0.15, -0.1) is 0 Å². The zero-order valence-electron chi connectivity index (χ0n) is 18.1. The van der Waals surface area contributed by atoms with Crippen LogP contribution < -0.4 is 9.04 Å². The molecule has 0 heterocycles. The van der Waals surface area contributed by atoms with Crippen molar-refractivity contribution in [2.75, 3.05) is 17.5 Å². The largest absolute Gasteiger partial charge is 0.454 e. The Morgan fingerprint density at radius 3 is 2.03 bits per heavy atom. The number of sulfonamides is 1. The number of nitrogens with zero attached hydrogens (tertiary/aromatic N) is 1. The minimum absolute atomic E-state index is 0.00284. The standard InChI is InChI=1S/C24H21F2NO6S/c1-2-27(19-6-4-3-5-7-19)34(30,31)21-14-10-18(11-15-21)23(29)32-16-22(28)17-8-12-20(13-9-17)33-24(25)26/h3-15,24H,2,16H2,1H3. The second kappa shape index (κ2) is 10.9. The number of anilines is 1. The highest BCUT2D eigenvalue weighted by Gasteiger charge is 2.24. The van der Waals surface area contributed by atoms with Gasteiger partial charge in [-0.3, -0.25) is 9.10 Å². The highest BCUT2D eigenvalue weighted by Crippen LogP contribution is 2.23. The molecule has 0 saturated heterocycles. The Kier molecular flexibility index (Phi) is 7.95. The van der Waals surface area contributed by atoms with Gasteiger partial charge in [-0.1, -0.05) is 18.2 Å². The van der Waals surface area contributed by atoms with Crippen molar-refractivity contribution in [2.45, 2.75) is 18.4 Å². The number of para-hydroxylation sites is 1. The lowest BCUT2D eigenvalue weighted by Gasteiger charge is -2.22. The van der Waals surface area contributed by atoms with Gasteiger partial charge in [0, 0.05) is 12.1 Å². The number of carbonyl (C=O) groups is 2. The first-order valence-electron chi connectivity index (χ1n) is 10.2. The summed E-state index contributed by atoms with van der Waals surface area (Å²) in [6.07, 6.45) is 0. The molecule has 0 unspecified atom stereocenters. The lowest BCUT2D eigenvalue weighted by atomic mass is 10.1. The average Bonchev–Trinajstić information content (AvgIpc) is 2.83. The molecule has 0 aliphatic rings. The summed E-state index contributed by atoms with van der Waals surface area (Å²) in [5, 5.41) is 0. The number of ketones is 1. The number of Topliss-reactive ketones (excluding diaryl/α,β-unsaturated/α-hetero) is 1. The van der Waals surface area contributed by atoms with Crippen LogP contribution in [0.25, 0.3) is 0 Å². The third-order valence-electron chi connectivity index (χ3n) is 4.75. The van der Waals surface area contributed by atoms with Crippen LogP contribution in [0.5, 0.6) is 5.75 Å². The molecule has 0 atom stereocenters. The van der Waals surface area contributed by atoms with Gasteiger partial charge in [0.15, 0.2) is 12.4 Å². The Morgan fingerprint density at radius 1 is 0.882 bits per heavy atom. The van der Waals surface area contributed by atoms with Gasteiger partial charge in [0.05, 0.1) is 16.1 Å². The van der Waals surface area contributed by atoms with Crippen LogP contribution >= 0.6 is 0 Å². The normalized spacial score (nSPS) is 11.2. The quantitative estimate of drug-likeness (QED) is 0.307. The Balaban J connectivity index is 1.64. The number of hydrogen-bond acceptors (Lipinski definition) is 6. The van der Waals surface area contributed by atoms with E-state index in [-0.39, 0.29) is 28.3 Å². The summed E-state index contributed by atoms with van der Waals surface area (Å²) in [6, 6.07) is 18.8. The molecule has 0 fully saturated rings. The van der Waals surface area contributed by atoms with Crippen molar-refractivity contribution in [3.63, 3.8) is 0 Å². The molecule has 0 saturated carbocycles. The van der Waals surface area contributed by atoms with Gasteiger partial charge < -0.3 is 9.47 Å². The summed E-state index contributed by atoms with van der Waals surface area (Å²) in [7, 11) is -3.85. The van der Waals surface area contributed by atoms with Crippen LogP contribution in [0, 0.1) is 0 Å². The first kappa shape index (κ1) is 24.8. The van der Waals surface area contributed by atoms with E-state index in [9.17, 15) is 26.8 Å². The summed E-state index contributed by atoms with van der Waals surface area (Å²) in [5.74, 6) is -1.46. The maximum atomic E-state index is 13.0. The van der Waals surface area contributed by atoms with Crippen molar-refractivity contribution in [2.24, 2.45) is 0 Å². The summed E-state index contributed by atoms with van der Waals surface area (Å²) in [4.78, 5) is 24.5. The van der Waals surface area contributed by atoms with E-state index in [1.54, 1.807) is 37.3 Å². The highest BCUT2D eigenvalue weighted by atomic mass is 32.2. The molecule has 3 aromatic rings. The van der Waals surface area contributed by atoms with Gasteiger partial charge in [-0.05, 0) is 67.6 Å². The van der Waals surface area contributed by atoms with Crippen LogP contribution in [0.1, 0.15) is 27.6 Å². The zero-order valence-corrected chi connectivity index (χ0v) is 18.9. The van der Waals surface area contributed by atoms with Gasteiger partial charge in [0.25, 0.3) is 10.0 Å². The van der Waals surface area contributed by atoms with E-state index in [1.807, 2.05) is 0 Å². The maximum Gasteiger partial charge on any atom is 0.387 e. The molecule has 34 heavy (non-hydrogen) atoms. The molecule has 7 nitrogen and oxygen atoms in total. The van der Waals surface area contributed by atoms with Crippen molar-refractivity contribution in [3.8, 4) is 5.75 Å². The summed E-state index contributed by atoms with van der Waals surface area (Å²) >= 11 is 0. The number of alkyl halides is 2. The van der Waals surface area contributed by atoms with E-state index < -0.39 is 35.0 Å². The Hall–Kier alpha value is -3.79. The average molecular weight is 489 g/mol. The molecule has 0 radical (unpaired) electrons. The Labute approximate surface area is 195 Å². The molecule has 0 aliphatic heterocycles. The molecule has 3 aromatic carbocycles. The lowest BCUT2D eigenvalue weighted by molar-refractivity contribution is -0.0498. The summed E-state index contributed by atoms with van der Waals surface area (Å²) < 4.78 is 60.9. The Morgan fingerprint density at radius 2 is 1.47 bits per heavy atom. The molecule has 0 aliphatic carbocycles. The molecular formula is C24H21F2NO6S. The molecule has 0 spiro atoms. The second-order valence-electron chi connectivity index (χ2n) is 6.93. The predicted molar refractivity (Wildman–Crippen MR) is 121 cm³/mol. The minimum atomic E-state index is -3.85. The third-order valence-corrected chi connectivity index (χ3v) is 6.66. The van der Waals surface area contributed by atoms with E-state index in [2.05, 4.69) is 4.74 Å². The number of hydrogen-bond donors (Lipinski definition) is 0. The van der Waals surface area contributed by atoms with Crippen molar-refractivity contribution in [1.29, 1.82) is 0 Å². The van der Waals surface area contributed by atoms with Crippen LogP contribution in [0.3, 0.4) is 0 Å². The fourth-order valence-electron chi connectivity index (χ4n) is 3.10. The highest BCUT2D eigenvalue weighted by molar-refractivity contribution is 7.92. The molecule has 0 bridgehead atoms. The van der Waals surface area contributed by atoms with Crippen molar-refractivity contribution in [1.82, 2.24) is 0 Å². The second-order valence-corrected chi connectivity index (χ2v) is 8.79. The number of esters is 1. The van der Waals surface area contributed by atoms with E-state index in [1.165, 1.54) is 52.8 Å². The van der Waals surface area contributed by atoms with Gasteiger partial charge in [-0.2, -0.15) is 8.78 Å². The van der Waals surface area contributed by atoms with Crippen molar-refractivity contribution in [3.05, 3.63) is 90.0 Å². The molecule has 0 N–H and O–H groups in total. The van der Waals surface area contributed by atoms with E-state index in [0.29, 0.717) is 5.69 Å². The lowest BCUT2D eigenvalue weighted by Crippen LogP contribution is -2.30. The van der Waals surface area contributed by atoms with Gasteiger partial charge >= 0.3 is 12.6 Å². The van der Waals surface area contributed by atoms with Gasteiger partial charge in [0.1, 0.15) is 5.75 Å². The van der Waals surface area contributed by atoms with Crippen molar-refractivity contribution < 1.29 is 36.3 Å².